The number of oxazole rings is 1. The van der Waals surface area contributed by atoms with E-state index in [0.717, 1.165) is 33.4 Å². The molecule has 4 rings (SSSR count). The number of halogens is 1. The molecule has 1 aliphatic rings. The smallest absolute Gasteiger partial charge is 0.256 e. The summed E-state index contributed by atoms with van der Waals surface area (Å²) in [5, 5.41) is 2.91. The average molecular weight is 464 g/mol. The summed E-state index contributed by atoms with van der Waals surface area (Å²) >= 11 is 2.11. The number of rotatable bonds is 5. The zero-order valence-electron chi connectivity index (χ0n) is 14.3. The highest BCUT2D eigenvalue weighted by atomic mass is 127. The number of aromatic nitrogens is 1. The highest BCUT2D eigenvalue weighted by Gasteiger charge is 2.29. The lowest BCUT2D eigenvalue weighted by atomic mass is 10.1. The molecule has 0 bridgehead atoms. The predicted octanol–water partition coefficient (Wildman–Crippen LogP) is 4.58. The van der Waals surface area contributed by atoms with E-state index in [1.165, 1.54) is 0 Å². The van der Waals surface area contributed by atoms with Gasteiger partial charge in [-0.3, -0.25) is 4.79 Å². The number of ether oxygens (including phenoxy) is 2. The normalized spacial score (nSPS) is 13.7. The largest absolute Gasteiger partial charge is 0.493 e. The number of anilines is 1. The maximum Gasteiger partial charge on any atom is 0.256 e. The topological polar surface area (TPSA) is 73.6 Å². The number of hydrogen-bond donors (Lipinski definition) is 1. The summed E-state index contributed by atoms with van der Waals surface area (Å²) < 4.78 is 17.1. The zero-order chi connectivity index (χ0) is 18.3. The van der Waals surface area contributed by atoms with Gasteiger partial charge in [-0.1, -0.05) is 0 Å². The van der Waals surface area contributed by atoms with Gasteiger partial charge in [-0.15, -0.1) is 0 Å². The molecule has 1 N–H and O–H groups in total. The Kier molecular flexibility index (Phi) is 4.47. The second kappa shape index (κ2) is 6.79. The molecule has 1 amide bonds. The molecule has 7 heteroatoms. The molecule has 0 radical (unpaired) electrons. The van der Waals surface area contributed by atoms with Gasteiger partial charge in [0.2, 0.25) is 0 Å². The third kappa shape index (κ3) is 3.23. The number of carbonyl (C=O) groups is 1. The van der Waals surface area contributed by atoms with E-state index in [2.05, 4.69) is 32.9 Å². The first-order valence-corrected chi connectivity index (χ1v) is 9.30. The molecule has 1 aliphatic carbocycles. The summed E-state index contributed by atoms with van der Waals surface area (Å²) in [4.78, 5) is 17.2. The van der Waals surface area contributed by atoms with Crippen LogP contribution in [0.2, 0.25) is 0 Å². The van der Waals surface area contributed by atoms with E-state index in [1.807, 2.05) is 18.2 Å². The molecule has 3 aromatic rings. The van der Waals surface area contributed by atoms with Crippen molar-refractivity contribution in [3.8, 4) is 11.5 Å². The van der Waals surface area contributed by atoms with E-state index in [9.17, 15) is 4.79 Å². The Morgan fingerprint density at radius 1 is 1.19 bits per heavy atom. The summed E-state index contributed by atoms with van der Waals surface area (Å²) in [5.74, 6) is 2.12. The molecule has 0 atom stereocenters. The van der Waals surface area contributed by atoms with Gasteiger partial charge in [0.25, 0.3) is 5.91 Å². The van der Waals surface area contributed by atoms with Crippen LogP contribution in [0.1, 0.15) is 35.0 Å². The van der Waals surface area contributed by atoms with Crippen molar-refractivity contribution in [1.29, 1.82) is 0 Å². The highest BCUT2D eigenvalue weighted by molar-refractivity contribution is 14.1. The van der Waals surface area contributed by atoms with E-state index in [-0.39, 0.29) is 5.91 Å². The Bertz CT molecular complexity index is 995. The fraction of sp³-hybridized carbons (Fsp3) is 0.263. The fourth-order valence-corrected chi connectivity index (χ4v) is 3.44. The number of methoxy groups -OCH3 is 2. The van der Waals surface area contributed by atoms with E-state index in [1.54, 1.807) is 26.4 Å². The van der Waals surface area contributed by atoms with Crippen molar-refractivity contribution in [2.45, 2.75) is 18.8 Å². The summed E-state index contributed by atoms with van der Waals surface area (Å²) in [6, 6.07) is 8.93. The van der Waals surface area contributed by atoms with E-state index < -0.39 is 0 Å². The lowest BCUT2D eigenvalue weighted by molar-refractivity contribution is 0.102. The van der Waals surface area contributed by atoms with E-state index >= 15 is 0 Å². The molecule has 1 aromatic heterocycles. The summed E-state index contributed by atoms with van der Waals surface area (Å²) in [6.07, 6.45) is 2.27. The van der Waals surface area contributed by atoms with Gasteiger partial charge in [0.15, 0.2) is 23.0 Å². The summed E-state index contributed by atoms with van der Waals surface area (Å²) in [6.45, 7) is 0. The predicted molar refractivity (Wildman–Crippen MR) is 106 cm³/mol. The second-order valence-electron chi connectivity index (χ2n) is 6.15. The number of amides is 1. The molecule has 134 valence electrons. The van der Waals surface area contributed by atoms with Crippen molar-refractivity contribution in [3.63, 3.8) is 0 Å². The van der Waals surface area contributed by atoms with Crippen LogP contribution in [0.3, 0.4) is 0 Å². The molecule has 1 heterocycles. The van der Waals surface area contributed by atoms with E-state index in [4.69, 9.17) is 13.9 Å². The minimum absolute atomic E-state index is 0.222. The van der Waals surface area contributed by atoms with Gasteiger partial charge in [-0.2, -0.15) is 0 Å². The maximum absolute atomic E-state index is 12.7. The number of carbonyl (C=O) groups excluding carboxylic acids is 1. The monoisotopic (exact) mass is 464 g/mol. The molecule has 0 unspecified atom stereocenters. The first-order valence-electron chi connectivity index (χ1n) is 8.22. The van der Waals surface area contributed by atoms with Crippen molar-refractivity contribution in [1.82, 2.24) is 4.98 Å². The Hall–Kier alpha value is -2.29. The van der Waals surface area contributed by atoms with Crippen molar-refractivity contribution < 1.29 is 18.7 Å². The number of fused-ring (bicyclic) bond motifs is 1. The van der Waals surface area contributed by atoms with Crippen LogP contribution in [-0.2, 0) is 0 Å². The Labute approximate surface area is 164 Å². The molecule has 26 heavy (non-hydrogen) atoms. The Balaban J connectivity index is 1.60. The summed E-state index contributed by atoms with van der Waals surface area (Å²) in [5.41, 5.74) is 2.68. The van der Waals surface area contributed by atoms with Crippen LogP contribution in [0.15, 0.2) is 34.7 Å². The van der Waals surface area contributed by atoms with Gasteiger partial charge in [0.1, 0.15) is 5.52 Å². The molecular weight excluding hydrogens is 447 g/mol. The first kappa shape index (κ1) is 17.1. The minimum Gasteiger partial charge on any atom is -0.493 e. The van der Waals surface area contributed by atoms with Crippen molar-refractivity contribution in [2.24, 2.45) is 0 Å². The third-order valence-corrected chi connectivity index (χ3v) is 5.20. The van der Waals surface area contributed by atoms with E-state index in [0.29, 0.717) is 28.7 Å². The third-order valence-electron chi connectivity index (χ3n) is 4.31. The molecule has 6 nitrogen and oxygen atoms in total. The van der Waals surface area contributed by atoms with Crippen LogP contribution < -0.4 is 14.8 Å². The Morgan fingerprint density at radius 3 is 2.62 bits per heavy atom. The molecule has 0 spiro atoms. The molecule has 0 aliphatic heterocycles. The van der Waals surface area contributed by atoms with Gasteiger partial charge < -0.3 is 19.2 Å². The van der Waals surface area contributed by atoms with Crippen LogP contribution in [0.25, 0.3) is 11.1 Å². The van der Waals surface area contributed by atoms with Crippen molar-refractivity contribution in [3.05, 3.63) is 45.4 Å². The summed E-state index contributed by atoms with van der Waals surface area (Å²) in [7, 11) is 3.11. The number of benzene rings is 2. The Morgan fingerprint density at radius 2 is 1.92 bits per heavy atom. The van der Waals surface area contributed by atoms with Gasteiger partial charge >= 0.3 is 0 Å². The van der Waals surface area contributed by atoms with Crippen LogP contribution >= 0.6 is 22.6 Å². The van der Waals surface area contributed by atoms with Gasteiger partial charge in [0, 0.05) is 15.2 Å². The molecule has 1 saturated carbocycles. The lowest BCUT2D eigenvalue weighted by Gasteiger charge is -2.12. The molecule has 2 aromatic carbocycles. The lowest BCUT2D eigenvalue weighted by Crippen LogP contribution is -2.14. The first-order chi connectivity index (χ1) is 12.6. The highest BCUT2D eigenvalue weighted by Crippen LogP contribution is 2.40. The quantitative estimate of drug-likeness (QED) is 0.560. The van der Waals surface area contributed by atoms with Crippen LogP contribution in [0.4, 0.5) is 5.69 Å². The number of hydrogen-bond acceptors (Lipinski definition) is 5. The van der Waals surface area contributed by atoms with Crippen molar-refractivity contribution in [2.75, 3.05) is 19.5 Å². The average Bonchev–Trinajstić information content (AvgIpc) is 3.40. The van der Waals surface area contributed by atoms with Crippen molar-refractivity contribution >= 4 is 45.3 Å². The minimum atomic E-state index is -0.222. The number of nitrogens with zero attached hydrogens (tertiary/aromatic N) is 1. The number of nitrogens with one attached hydrogen (secondary N) is 1. The van der Waals surface area contributed by atoms with Gasteiger partial charge in [-0.05, 0) is 65.8 Å². The fourth-order valence-electron chi connectivity index (χ4n) is 2.75. The van der Waals surface area contributed by atoms with Crippen LogP contribution in [0, 0.1) is 3.57 Å². The van der Waals surface area contributed by atoms with Gasteiger partial charge in [-0.25, -0.2) is 4.98 Å². The second-order valence-corrected chi connectivity index (χ2v) is 7.31. The van der Waals surface area contributed by atoms with Crippen LogP contribution in [0.5, 0.6) is 11.5 Å². The van der Waals surface area contributed by atoms with Gasteiger partial charge in [0.05, 0.1) is 19.8 Å². The molecule has 0 saturated heterocycles. The molecular formula is C19H17IN2O4. The SMILES string of the molecule is COc1cc(I)c(C(=O)Nc2ccc3oc(C4CC4)nc3c2)cc1OC. The van der Waals surface area contributed by atoms with Crippen LogP contribution in [-0.4, -0.2) is 25.1 Å². The standard InChI is InChI=1S/C19H17IN2O4/c1-24-16-8-12(13(20)9-17(16)25-2)18(23)21-11-5-6-15-14(7-11)22-19(26-15)10-3-4-10/h5-10H,3-4H2,1-2H3,(H,21,23). The molecule has 1 fully saturated rings. The maximum atomic E-state index is 12.7. The zero-order valence-corrected chi connectivity index (χ0v) is 16.5.